The van der Waals surface area contributed by atoms with Crippen LogP contribution in [0.1, 0.15) is 6.92 Å². The van der Waals surface area contributed by atoms with Gasteiger partial charge in [0.25, 0.3) is 10.0 Å². The average molecular weight is 413 g/mol. The van der Waals surface area contributed by atoms with E-state index in [2.05, 4.69) is 0 Å². The molecule has 0 aliphatic carbocycles. The molecular formula is C22H20FNO4S. The molecule has 0 unspecified atom stereocenters. The molecule has 5 nitrogen and oxygen atoms in total. The van der Waals surface area contributed by atoms with E-state index in [4.69, 9.17) is 4.74 Å². The van der Waals surface area contributed by atoms with E-state index in [0.29, 0.717) is 11.3 Å². The van der Waals surface area contributed by atoms with Crippen LogP contribution in [0.5, 0.6) is 0 Å². The monoisotopic (exact) mass is 413 g/mol. The third kappa shape index (κ3) is 4.63. The van der Waals surface area contributed by atoms with Crippen LogP contribution in [0.15, 0.2) is 83.8 Å². The van der Waals surface area contributed by atoms with Crippen LogP contribution < -0.4 is 4.31 Å². The summed E-state index contributed by atoms with van der Waals surface area (Å²) in [5, 5.41) is 0. The van der Waals surface area contributed by atoms with Gasteiger partial charge < -0.3 is 4.74 Å². The molecule has 0 aliphatic rings. The highest BCUT2D eigenvalue weighted by Gasteiger charge is 2.29. The van der Waals surface area contributed by atoms with E-state index in [1.807, 2.05) is 30.3 Å². The lowest BCUT2D eigenvalue weighted by atomic mass is 10.0. The van der Waals surface area contributed by atoms with Gasteiger partial charge in [0, 0.05) is 5.56 Å². The van der Waals surface area contributed by atoms with Gasteiger partial charge in [-0.25, -0.2) is 12.8 Å². The molecule has 0 heterocycles. The number of halogens is 1. The second kappa shape index (κ2) is 8.87. The topological polar surface area (TPSA) is 63.7 Å². The Kier molecular flexibility index (Phi) is 6.29. The van der Waals surface area contributed by atoms with Gasteiger partial charge in [0.1, 0.15) is 12.4 Å². The Labute approximate surface area is 169 Å². The molecule has 150 valence electrons. The summed E-state index contributed by atoms with van der Waals surface area (Å²) >= 11 is 0. The number of esters is 1. The zero-order valence-electron chi connectivity index (χ0n) is 15.8. The van der Waals surface area contributed by atoms with Gasteiger partial charge >= 0.3 is 5.97 Å². The molecule has 3 aromatic rings. The van der Waals surface area contributed by atoms with E-state index in [9.17, 15) is 17.6 Å². The minimum Gasteiger partial charge on any atom is -0.465 e. The second-order valence-corrected chi connectivity index (χ2v) is 8.02. The lowest BCUT2D eigenvalue weighted by molar-refractivity contribution is -0.141. The Morgan fingerprint density at radius 1 is 0.931 bits per heavy atom. The molecule has 3 rings (SSSR count). The highest BCUT2D eigenvalue weighted by atomic mass is 32.2. The molecule has 0 N–H and O–H groups in total. The Morgan fingerprint density at radius 3 is 2.21 bits per heavy atom. The van der Waals surface area contributed by atoms with E-state index in [1.54, 1.807) is 31.2 Å². The predicted octanol–water partition coefficient (Wildman–Crippen LogP) is 4.25. The number of hydrogen-bond acceptors (Lipinski definition) is 4. The first-order valence-corrected chi connectivity index (χ1v) is 10.5. The van der Waals surface area contributed by atoms with Gasteiger partial charge in [0.05, 0.1) is 17.2 Å². The Bertz CT molecular complexity index is 1080. The number of carbonyl (C=O) groups excluding carboxylic acids is 1. The van der Waals surface area contributed by atoms with Crippen LogP contribution >= 0.6 is 0 Å². The number of hydrogen-bond donors (Lipinski definition) is 0. The summed E-state index contributed by atoms with van der Waals surface area (Å²) in [5.74, 6) is -1.23. The van der Waals surface area contributed by atoms with Crippen LogP contribution in [0.3, 0.4) is 0 Å². The third-order valence-electron chi connectivity index (χ3n) is 4.24. The normalized spacial score (nSPS) is 11.1. The van der Waals surface area contributed by atoms with Gasteiger partial charge in [-0.05, 0) is 42.8 Å². The molecule has 0 radical (unpaired) electrons. The fraction of sp³-hybridized carbons (Fsp3) is 0.136. The summed E-state index contributed by atoms with van der Waals surface area (Å²) in [7, 11) is -4.15. The van der Waals surface area contributed by atoms with Gasteiger partial charge in [-0.1, -0.05) is 48.5 Å². The predicted molar refractivity (Wildman–Crippen MR) is 109 cm³/mol. The van der Waals surface area contributed by atoms with Crippen molar-refractivity contribution < 1.29 is 22.3 Å². The summed E-state index contributed by atoms with van der Waals surface area (Å²) < 4.78 is 46.0. The van der Waals surface area contributed by atoms with Crippen molar-refractivity contribution in [3.05, 3.63) is 84.7 Å². The van der Waals surface area contributed by atoms with Gasteiger partial charge in [-0.2, -0.15) is 0 Å². The van der Waals surface area contributed by atoms with Crippen molar-refractivity contribution in [3.63, 3.8) is 0 Å². The summed E-state index contributed by atoms with van der Waals surface area (Å²) in [4.78, 5) is 12.1. The molecule has 0 saturated carbocycles. The summed E-state index contributed by atoms with van der Waals surface area (Å²) in [6.45, 7) is 1.27. The van der Waals surface area contributed by atoms with Crippen LogP contribution in [0.25, 0.3) is 11.1 Å². The van der Waals surface area contributed by atoms with Crippen molar-refractivity contribution in [1.82, 2.24) is 0 Å². The maximum atomic E-state index is 13.4. The second-order valence-electron chi connectivity index (χ2n) is 6.15. The largest absolute Gasteiger partial charge is 0.465 e. The number of benzene rings is 3. The van der Waals surface area contributed by atoms with E-state index >= 15 is 0 Å². The lowest BCUT2D eigenvalue weighted by Crippen LogP contribution is -2.37. The van der Waals surface area contributed by atoms with Crippen LogP contribution in [0.4, 0.5) is 10.1 Å². The lowest BCUT2D eigenvalue weighted by Gasteiger charge is -2.26. The van der Waals surface area contributed by atoms with Crippen LogP contribution in [-0.4, -0.2) is 27.5 Å². The molecular weight excluding hydrogens is 393 g/mol. The van der Waals surface area contributed by atoms with E-state index in [0.717, 1.165) is 22.0 Å². The number of ether oxygens (including phenoxy) is 1. The maximum absolute atomic E-state index is 13.4. The summed E-state index contributed by atoms with van der Waals surface area (Å²) in [6.07, 6.45) is 0. The molecule has 0 aromatic heterocycles. The number of anilines is 1. The van der Waals surface area contributed by atoms with Gasteiger partial charge in [-0.3, -0.25) is 9.10 Å². The van der Waals surface area contributed by atoms with Crippen molar-refractivity contribution in [2.75, 3.05) is 17.5 Å². The molecule has 0 amide bonds. The van der Waals surface area contributed by atoms with Crippen LogP contribution in [0.2, 0.25) is 0 Å². The third-order valence-corrected chi connectivity index (χ3v) is 6.01. The van der Waals surface area contributed by atoms with Crippen molar-refractivity contribution in [2.24, 2.45) is 0 Å². The van der Waals surface area contributed by atoms with Gasteiger partial charge in [-0.15, -0.1) is 0 Å². The Balaban J connectivity index is 2.15. The standard InChI is InChI=1S/C22H20FNO4S/c1-2-28-22(25)16-24(29(26,27)19-14-12-18(23)13-15-19)21-11-7-6-10-20(21)17-8-4-3-5-9-17/h3-15H,2,16H2,1H3. The van der Waals surface area contributed by atoms with Crippen molar-refractivity contribution in [3.8, 4) is 11.1 Å². The quantitative estimate of drug-likeness (QED) is 0.543. The number of carbonyl (C=O) groups is 1. The highest BCUT2D eigenvalue weighted by molar-refractivity contribution is 7.92. The zero-order chi connectivity index (χ0) is 20.9. The fourth-order valence-electron chi connectivity index (χ4n) is 2.91. The Morgan fingerprint density at radius 2 is 1.55 bits per heavy atom. The molecule has 0 fully saturated rings. The van der Waals surface area contributed by atoms with Crippen LogP contribution in [0, 0.1) is 5.82 Å². The first kappa shape index (κ1) is 20.5. The first-order valence-electron chi connectivity index (χ1n) is 9.02. The van der Waals surface area contributed by atoms with Crippen LogP contribution in [-0.2, 0) is 19.6 Å². The molecule has 0 atom stereocenters. The minimum absolute atomic E-state index is 0.119. The first-order chi connectivity index (χ1) is 13.9. The van der Waals surface area contributed by atoms with Gasteiger partial charge in [0.15, 0.2) is 0 Å². The van der Waals surface area contributed by atoms with E-state index in [-0.39, 0.29) is 11.5 Å². The maximum Gasteiger partial charge on any atom is 0.326 e. The SMILES string of the molecule is CCOC(=O)CN(c1ccccc1-c1ccccc1)S(=O)(=O)c1ccc(F)cc1. The number of nitrogens with zero attached hydrogens (tertiary/aromatic N) is 1. The van der Waals surface area contributed by atoms with E-state index < -0.39 is 28.4 Å². The number of sulfonamides is 1. The number of para-hydroxylation sites is 1. The zero-order valence-corrected chi connectivity index (χ0v) is 16.6. The molecule has 7 heteroatoms. The summed E-state index contributed by atoms with van der Waals surface area (Å²) in [6, 6.07) is 20.6. The molecule has 3 aromatic carbocycles. The Hall–Kier alpha value is -3.19. The van der Waals surface area contributed by atoms with Crippen molar-refractivity contribution in [2.45, 2.75) is 11.8 Å². The molecule has 29 heavy (non-hydrogen) atoms. The molecule has 0 spiro atoms. The van der Waals surface area contributed by atoms with Crippen molar-refractivity contribution in [1.29, 1.82) is 0 Å². The average Bonchev–Trinajstić information content (AvgIpc) is 2.73. The summed E-state index contributed by atoms with van der Waals surface area (Å²) in [5.41, 5.74) is 1.77. The minimum atomic E-state index is -4.15. The smallest absolute Gasteiger partial charge is 0.326 e. The molecule has 0 saturated heterocycles. The van der Waals surface area contributed by atoms with Gasteiger partial charge in [0.2, 0.25) is 0 Å². The van der Waals surface area contributed by atoms with E-state index in [1.165, 1.54) is 12.1 Å². The van der Waals surface area contributed by atoms with Crippen molar-refractivity contribution >= 4 is 21.7 Å². The fourth-order valence-corrected chi connectivity index (χ4v) is 4.34. The molecule has 0 aliphatic heterocycles. The highest BCUT2D eigenvalue weighted by Crippen LogP contribution is 2.34. The molecule has 0 bridgehead atoms. The number of rotatable bonds is 7.